The number of aromatic amines is 1. The van der Waals surface area contributed by atoms with Crippen LogP contribution in [0.1, 0.15) is 83.4 Å². The average Bonchev–Trinajstić information content (AvgIpc) is 4.12. The molecule has 4 amide bonds. The van der Waals surface area contributed by atoms with E-state index in [2.05, 4.69) is 40.7 Å². The Morgan fingerprint density at radius 1 is 0.915 bits per heavy atom. The van der Waals surface area contributed by atoms with Gasteiger partial charge in [0.25, 0.3) is 0 Å². The Balaban J connectivity index is 0.732. The molecule has 2 saturated heterocycles. The maximum Gasteiger partial charge on any atom is 0.246 e. The molecule has 374 valence electrons. The van der Waals surface area contributed by atoms with Crippen LogP contribution in [0.2, 0.25) is 0 Å². The van der Waals surface area contributed by atoms with Gasteiger partial charge in [0.05, 0.1) is 41.1 Å². The Kier molecular flexibility index (Phi) is 16.1. The van der Waals surface area contributed by atoms with E-state index in [1.165, 1.54) is 18.1 Å². The molecule has 0 spiro atoms. The molecule has 6 aromatic rings. The van der Waals surface area contributed by atoms with Crippen LogP contribution >= 0.6 is 11.3 Å². The van der Waals surface area contributed by atoms with Crippen LogP contribution < -0.4 is 20.3 Å². The number of nitrogens with one attached hydrogen (secondary N) is 3. The highest BCUT2D eigenvalue weighted by molar-refractivity contribution is 7.13. The second-order valence-electron chi connectivity index (χ2n) is 19.5. The van der Waals surface area contributed by atoms with Crippen LogP contribution in [-0.4, -0.2) is 122 Å². The van der Waals surface area contributed by atoms with E-state index < -0.39 is 29.4 Å². The standard InChI is InChI=1S/C53H63FN10O6S/c1-33-48(71-32-57-33)36-18-16-34(17-19-36)29-56-51(68)41-28-38(65)31-64(41)52(69)49(53(2,3)4)58-43(66)14-9-7-6-8-10-15-44(67)63-26-24-62(25-27-63)37-22-20-35(21-23-37)46-47-40(60-61-46)30-55-50(59-47)45-39(54)12-11-13-42(45)70-5/h11-13,16-23,30,32,38,41,49,65H,6-10,14-15,24-29,31H2,1-5H3,(H,56,68)(H,58,66)(H,60,61)/t38-,41+,49-/m1/s1. The highest BCUT2D eigenvalue weighted by Gasteiger charge is 2.44. The second-order valence-corrected chi connectivity index (χ2v) is 20.3. The molecule has 0 radical (unpaired) electrons. The maximum atomic E-state index is 14.8. The highest BCUT2D eigenvalue weighted by atomic mass is 32.1. The number of aryl methyl sites for hydroxylation is 1. The van der Waals surface area contributed by atoms with Crippen molar-refractivity contribution in [1.29, 1.82) is 0 Å². The van der Waals surface area contributed by atoms with Gasteiger partial charge in [0, 0.05) is 69.8 Å². The molecule has 3 aromatic carbocycles. The minimum Gasteiger partial charge on any atom is -0.496 e. The number of likely N-dealkylation sites (tertiary alicyclic amines) is 1. The fraction of sp³-hybridized carbons (Fsp3) is 0.434. The van der Waals surface area contributed by atoms with Gasteiger partial charge < -0.3 is 35.2 Å². The lowest BCUT2D eigenvalue weighted by Crippen LogP contribution is -2.57. The van der Waals surface area contributed by atoms with Crippen molar-refractivity contribution in [3.05, 3.63) is 95.5 Å². The molecule has 8 rings (SSSR count). The molecule has 3 atom stereocenters. The number of aromatic nitrogens is 5. The zero-order chi connectivity index (χ0) is 50.2. The number of β-amino-alcohol motifs (C(OH)–C–C–N with tert-alkyl or cyclic N) is 1. The number of benzene rings is 3. The van der Waals surface area contributed by atoms with Gasteiger partial charge in [-0.1, -0.05) is 82.5 Å². The SMILES string of the molecule is COc1cccc(F)c1-c1ncc2[nH]nc(-c3ccc(N4CCN(C(=O)CCCCCCCC(=O)N[C@H](C(=O)N5C[C@H](O)C[C@H]5C(=O)NCc5ccc(-c6scnc6C)cc5)C(C)(C)C)CC4)cc3)c2n1. The molecular formula is C53H63FN10O6S. The topological polar surface area (TPSA) is 199 Å². The third-order valence-electron chi connectivity index (χ3n) is 13.4. The summed E-state index contributed by atoms with van der Waals surface area (Å²) < 4.78 is 20.2. The van der Waals surface area contributed by atoms with Crippen molar-refractivity contribution in [3.8, 4) is 38.8 Å². The van der Waals surface area contributed by atoms with Gasteiger partial charge in [0.1, 0.15) is 40.4 Å². The zero-order valence-electron chi connectivity index (χ0n) is 41.0. The lowest BCUT2D eigenvalue weighted by molar-refractivity contribution is -0.144. The number of carbonyl (C=O) groups is 4. The monoisotopic (exact) mass is 986 g/mol. The molecule has 0 aliphatic carbocycles. The number of piperazine rings is 1. The fourth-order valence-corrected chi connectivity index (χ4v) is 10.1. The minimum atomic E-state index is -0.883. The number of H-pyrrole nitrogens is 1. The number of aliphatic hydroxyl groups excluding tert-OH is 1. The highest BCUT2D eigenvalue weighted by Crippen LogP contribution is 2.34. The third-order valence-corrected chi connectivity index (χ3v) is 14.3. The van der Waals surface area contributed by atoms with Gasteiger partial charge >= 0.3 is 0 Å². The van der Waals surface area contributed by atoms with Crippen molar-refractivity contribution in [2.24, 2.45) is 5.41 Å². The Hall–Kier alpha value is -6.79. The molecular weight excluding hydrogens is 924 g/mol. The predicted molar refractivity (Wildman–Crippen MR) is 272 cm³/mol. The molecule has 0 saturated carbocycles. The molecule has 2 aliphatic heterocycles. The van der Waals surface area contributed by atoms with Crippen molar-refractivity contribution in [3.63, 3.8) is 0 Å². The van der Waals surface area contributed by atoms with Crippen molar-refractivity contribution in [1.82, 2.24) is 45.6 Å². The summed E-state index contributed by atoms with van der Waals surface area (Å²) in [6.45, 7) is 10.6. The van der Waals surface area contributed by atoms with Gasteiger partial charge in [0.2, 0.25) is 23.6 Å². The van der Waals surface area contributed by atoms with Gasteiger partial charge in [-0.15, -0.1) is 11.3 Å². The lowest BCUT2D eigenvalue weighted by Gasteiger charge is -2.36. The zero-order valence-corrected chi connectivity index (χ0v) is 41.9. The van der Waals surface area contributed by atoms with E-state index in [9.17, 15) is 28.7 Å². The van der Waals surface area contributed by atoms with Crippen LogP contribution in [0, 0.1) is 18.2 Å². The number of methoxy groups -OCH3 is 1. The summed E-state index contributed by atoms with van der Waals surface area (Å²) in [6.07, 6.45) is 5.57. The number of fused-ring (bicyclic) bond motifs is 1. The van der Waals surface area contributed by atoms with Crippen LogP contribution in [0.15, 0.2) is 78.4 Å². The maximum absolute atomic E-state index is 14.8. The van der Waals surface area contributed by atoms with E-state index in [1.807, 2.05) is 86.6 Å². The van der Waals surface area contributed by atoms with Crippen LogP contribution in [0.3, 0.4) is 0 Å². The van der Waals surface area contributed by atoms with Gasteiger partial charge in [-0.2, -0.15) is 5.10 Å². The number of anilines is 1. The average molecular weight is 987 g/mol. The number of thiazole rings is 1. The van der Waals surface area contributed by atoms with Crippen LogP contribution in [0.4, 0.5) is 10.1 Å². The van der Waals surface area contributed by atoms with E-state index in [0.717, 1.165) is 58.6 Å². The molecule has 0 bridgehead atoms. The first-order valence-corrected chi connectivity index (χ1v) is 25.3. The molecule has 5 heterocycles. The quantitative estimate of drug-likeness (QED) is 0.0624. The van der Waals surface area contributed by atoms with Gasteiger partial charge in [-0.25, -0.2) is 19.3 Å². The number of unbranched alkanes of at least 4 members (excludes halogenated alkanes) is 4. The summed E-state index contributed by atoms with van der Waals surface area (Å²) in [5, 5.41) is 24.0. The van der Waals surface area contributed by atoms with Crippen LogP contribution in [0.25, 0.3) is 44.1 Å². The third kappa shape index (κ3) is 12.0. The summed E-state index contributed by atoms with van der Waals surface area (Å²) in [5.74, 6) is -0.750. The predicted octanol–water partition coefficient (Wildman–Crippen LogP) is 7.45. The summed E-state index contributed by atoms with van der Waals surface area (Å²) in [6, 6.07) is 18.8. The number of rotatable bonds is 18. The first kappa shape index (κ1) is 50.6. The Bertz CT molecular complexity index is 2820. The molecule has 18 heteroatoms. The summed E-state index contributed by atoms with van der Waals surface area (Å²) in [7, 11) is 1.48. The summed E-state index contributed by atoms with van der Waals surface area (Å²) >= 11 is 1.58. The Morgan fingerprint density at radius 3 is 2.31 bits per heavy atom. The number of ether oxygens (including phenoxy) is 1. The van der Waals surface area contributed by atoms with E-state index in [0.29, 0.717) is 61.5 Å². The molecule has 0 unspecified atom stereocenters. The van der Waals surface area contributed by atoms with Crippen LogP contribution in [0.5, 0.6) is 5.75 Å². The van der Waals surface area contributed by atoms with Gasteiger partial charge in [-0.05, 0) is 60.6 Å². The number of aliphatic hydroxyl groups is 1. The molecule has 16 nitrogen and oxygen atoms in total. The molecule has 2 aliphatic rings. The largest absolute Gasteiger partial charge is 0.496 e. The number of nitrogens with zero attached hydrogens (tertiary/aromatic N) is 7. The number of carbonyl (C=O) groups excluding carboxylic acids is 4. The van der Waals surface area contributed by atoms with Crippen molar-refractivity contribution >= 4 is 51.7 Å². The Morgan fingerprint density at radius 2 is 1.62 bits per heavy atom. The number of halogens is 1. The number of amides is 4. The minimum absolute atomic E-state index is 0.0135. The van der Waals surface area contributed by atoms with Gasteiger partial charge in [0.15, 0.2) is 5.82 Å². The second kappa shape index (κ2) is 22.5. The number of hydrogen-bond donors (Lipinski definition) is 4. The van der Waals surface area contributed by atoms with E-state index in [4.69, 9.17) is 4.74 Å². The van der Waals surface area contributed by atoms with Crippen LogP contribution in [-0.2, 0) is 25.7 Å². The molecule has 3 aromatic heterocycles. The molecule has 4 N–H and O–H groups in total. The summed E-state index contributed by atoms with van der Waals surface area (Å²) in [5.41, 5.74) is 8.00. The van der Waals surface area contributed by atoms with E-state index in [-0.39, 0.29) is 60.9 Å². The van der Waals surface area contributed by atoms with E-state index in [1.54, 1.807) is 29.7 Å². The first-order chi connectivity index (χ1) is 34.2. The normalized spacial score (nSPS) is 16.6. The fourth-order valence-electron chi connectivity index (χ4n) is 9.33. The Labute approximate surface area is 417 Å². The lowest BCUT2D eigenvalue weighted by atomic mass is 9.85. The van der Waals surface area contributed by atoms with Crippen molar-refractivity contribution in [2.75, 3.05) is 44.7 Å². The molecule has 2 fully saturated rings. The van der Waals surface area contributed by atoms with E-state index >= 15 is 0 Å². The van der Waals surface area contributed by atoms with Crippen molar-refractivity contribution in [2.45, 2.75) is 104 Å². The van der Waals surface area contributed by atoms with Gasteiger partial charge in [-0.3, -0.25) is 24.3 Å². The number of hydrogen-bond acceptors (Lipinski definition) is 12. The smallest absolute Gasteiger partial charge is 0.246 e. The summed E-state index contributed by atoms with van der Waals surface area (Å²) in [4.78, 5) is 74.0. The first-order valence-electron chi connectivity index (χ1n) is 24.4. The van der Waals surface area contributed by atoms with Crippen molar-refractivity contribution < 1.29 is 33.4 Å². The molecule has 71 heavy (non-hydrogen) atoms.